The Hall–Kier alpha value is -1.85. The number of aliphatic hydroxyl groups is 1. The number of H-pyrrole nitrogens is 1. The van der Waals surface area contributed by atoms with Crippen molar-refractivity contribution in [1.82, 2.24) is 9.88 Å². The second-order valence-corrected chi connectivity index (χ2v) is 6.37. The fourth-order valence-corrected chi connectivity index (χ4v) is 4.18. The number of carboxylic acid groups (broad SMARTS) is 1. The number of hydrogen-bond acceptors (Lipinski definition) is 3. The third kappa shape index (κ3) is 1.61. The predicted octanol–water partition coefficient (Wildman–Crippen LogP) is 1.32. The highest BCUT2D eigenvalue weighted by Gasteiger charge is 2.51. The molecule has 1 fully saturated rings. The Labute approximate surface area is 122 Å². The number of rotatable bonds is 1. The van der Waals surface area contributed by atoms with Crippen molar-refractivity contribution >= 4 is 16.9 Å². The molecular formula is C16H18N2O3. The molecule has 0 unspecified atom stereocenters. The zero-order chi connectivity index (χ0) is 14.8. The molecule has 110 valence electrons. The quantitative estimate of drug-likeness (QED) is 0.739. The molecule has 2 aromatic rings. The molecule has 0 bridgehead atoms. The summed E-state index contributed by atoms with van der Waals surface area (Å²) in [6.45, 7) is 0.484. The number of aromatic amines is 1. The molecule has 1 saturated heterocycles. The summed E-state index contributed by atoms with van der Waals surface area (Å²) >= 11 is 0. The van der Waals surface area contributed by atoms with E-state index in [1.807, 2.05) is 36.3 Å². The van der Waals surface area contributed by atoms with Crippen molar-refractivity contribution in [3.05, 3.63) is 35.5 Å². The van der Waals surface area contributed by atoms with Gasteiger partial charge in [-0.25, -0.2) is 0 Å². The van der Waals surface area contributed by atoms with Gasteiger partial charge < -0.3 is 15.2 Å². The first-order valence-corrected chi connectivity index (χ1v) is 7.25. The molecule has 1 aromatic carbocycles. The van der Waals surface area contributed by atoms with E-state index >= 15 is 0 Å². The van der Waals surface area contributed by atoms with Gasteiger partial charge in [0.25, 0.3) is 0 Å². The van der Waals surface area contributed by atoms with Crippen LogP contribution in [0.4, 0.5) is 0 Å². The maximum absolute atomic E-state index is 11.4. The SMILES string of the molecule is CN1C[C@@H](C(=O)O)C[C@]2(O)c3cccc4[nH]cc(c34)C[C@@H]12. The van der Waals surface area contributed by atoms with Crippen LogP contribution in [0.5, 0.6) is 0 Å². The fourth-order valence-electron chi connectivity index (χ4n) is 4.18. The van der Waals surface area contributed by atoms with Crippen molar-refractivity contribution in [2.75, 3.05) is 13.6 Å². The van der Waals surface area contributed by atoms with Crippen LogP contribution in [0.1, 0.15) is 17.5 Å². The number of aliphatic carboxylic acids is 1. The van der Waals surface area contributed by atoms with E-state index in [-0.39, 0.29) is 12.5 Å². The summed E-state index contributed by atoms with van der Waals surface area (Å²) in [5.41, 5.74) is 1.99. The standard InChI is InChI=1S/C16H18N2O3/c1-18-8-10(15(19)20)6-16(21)11-3-2-4-12-14(11)9(7-17-12)5-13(16)18/h2-4,7,10,13,17,21H,5-6,8H2,1H3,(H,19,20)/t10-,13+,16-/m0/s1. The maximum Gasteiger partial charge on any atom is 0.307 e. The van der Waals surface area contributed by atoms with E-state index in [0.717, 1.165) is 22.9 Å². The zero-order valence-electron chi connectivity index (χ0n) is 11.8. The molecule has 5 heteroatoms. The number of nitrogens with zero attached hydrogens (tertiary/aromatic N) is 1. The molecule has 3 atom stereocenters. The number of benzene rings is 1. The molecule has 0 radical (unpaired) electrons. The minimum absolute atomic E-state index is 0.0676. The minimum atomic E-state index is -1.09. The van der Waals surface area contributed by atoms with Crippen LogP contribution in [0.25, 0.3) is 10.9 Å². The summed E-state index contributed by atoms with van der Waals surface area (Å²) < 4.78 is 0. The van der Waals surface area contributed by atoms with Crippen molar-refractivity contribution in [3.8, 4) is 0 Å². The number of fused-ring (bicyclic) bond motifs is 2. The van der Waals surface area contributed by atoms with Crippen LogP contribution < -0.4 is 0 Å². The van der Waals surface area contributed by atoms with Crippen molar-refractivity contribution in [2.45, 2.75) is 24.5 Å². The largest absolute Gasteiger partial charge is 0.481 e. The van der Waals surface area contributed by atoms with Gasteiger partial charge in [-0.1, -0.05) is 12.1 Å². The highest BCUT2D eigenvalue weighted by Crippen LogP contribution is 2.47. The van der Waals surface area contributed by atoms with Crippen molar-refractivity contribution in [3.63, 3.8) is 0 Å². The van der Waals surface area contributed by atoms with Gasteiger partial charge in [0, 0.05) is 29.7 Å². The third-order valence-electron chi connectivity index (χ3n) is 5.17. The average molecular weight is 286 g/mol. The Kier molecular flexibility index (Phi) is 2.50. The van der Waals surface area contributed by atoms with E-state index in [0.29, 0.717) is 6.54 Å². The van der Waals surface area contributed by atoms with Gasteiger partial charge in [0.15, 0.2) is 0 Å². The molecule has 0 saturated carbocycles. The second-order valence-electron chi connectivity index (χ2n) is 6.37. The number of hydrogen-bond donors (Lipinski definition) is 3. The van der Waals surface area contributed by atoms with Crippen LogP contribution in [0, 0.1) is 5.92 Å². The number of nitrogens with one attached hydrogen (secondary N) is 1. The van der Waals surface area contributed by atoms with Gasteiger partial charge in [-0.3, -0.25) is 9.69 Å². The molecule has 0 spiro atoms. The highest BCUT2D eigenvalue weighted by atomic mass is 16.4. The van der Waals surface area contributed by atoms with Crippen molar-refractivity contribution in [2.24, 2.45) is 5.92 Å². The first-order valence-electron chi connectivity index (χ1n) is 7.25. The van der Waals surface area contributed by atoms with E-state index in [1.54, 1.807) is 0 Å². The van der Waals surface area contributed by atoms with Crippen molar-refractivity contribution < 1.29 is 15.0 Å². The Morgan fingerprint density at radius 3 is 3.05 bits per heavy atom. The zero-order valence-corrected chi connectivity index (χ0v) is 11.8. The molecular weight excluding hydrogens is 268 g/mol. The smallest absolute Gasteiger partial charge is 0.307 e. The summed E-state index contributed by atoms with van der Waals surface area (Å²) in [6.07, 6.45) is 3.03. The summed E-state index contributed by atoms with van der Waals surface area (Å²) in [5, 5.41) is 21.8. The fraction of sp³-hybridized carbons (Fsp3) is 0.438. The second kappa shape index (κ2) is 4.08. The number of carbonyl (C=O) groups is 1. The monoisotopic (exact) mass is 286 g/mol. The molecule has 4 rings (SSSR count). The van der Waals surface area contributed by atoms with Gasteiger partial charge in [-0.05, 0) is 37.1 Å². The van der Waals surface area contributed by atoms with E-state index in [1.165, 1.54) is 5.56 Å². The molecule has 2 heterocycles. The van der Waals surface area contributed by atoms with Crippen LogP contribution in [0.15, 0.2) is 24.4 Å². The maximum atomic E-state index is 11.4. The lowest BCUT2D eigenvalue weighted by Gasteiger charge is -2.50. The Balaban J connectivity index is 1.92. The summed E-state index contributed by atoms with van der Waals surface area (Å²) in [5.74, 6) is -1.37. The topological polar surface area (TPSA) is 76.6 Å². The summed E-state index contributed by atoms with van der Waals surface area (Å²) in [7, 11) is 1.91. The number of likely N-dealkylation sites (N-methyl/N-ethyl adjacent to an activating group) is 1. The molecule has 21 heavy (non-hydrogen) atoms. The average Bonchev–Trinajstić information content (AvgIpc) is 2.85. The predicted molar refractivity (Wildman–Crippen MR) is 78.1 cm³/mol. The molecule has 2 aliphatic rings. The molecule has 1 aliphatic heterocycles. The van der Waals surface area contributed by atoms with E-state index < -0.39 is 17.5 Å². The van der Waals surface area contributed by atoms with Crippen LogP contribution in [0.3, 0.4) is 0 Å². The van der Waals surface area contributed by atoms with Crippen LogP contribution >= 0.6 is 0 Å². The van der Waals surface area contributed by atoms with Gasteiger partial charge in [0.2, 0.25) is 0 Å². The van der Waals surface area contributed by atoms with Crippen LogP contribution in [0.2, 0.25) is 0 Å². The van der Waals surface area contributed by atoms with Crippen LogP contribution in [-0.2, 0) is 16.8 Å². The number of likely N-dealkylation sites (tertiary alicyclic amines) is 1. The molecule has 1 aromatic heterocycles. The summed E-state index contributed by atoms with van der Waals surface area (Å²) in [4.78, 5) is 16.7. The normalized spacial score (nSPS) is 32.1. The lowest BCUT2D eigenvalue weighted by Crippen LogP contribution is -2.59. The molecule has 5 nitrogen and oxygen atoms in total. The third-order valence-corrected chi connectivity index (χ3v) is 5.17. The van der Waals surface area contributed by atoms with Gasteiger partial charge >= 0.3 is 5.97 Å². The first kappa shape index (κ1) is 12.9. The van der Waals surface area contributed by atoms with Crippen LogP contribution in [-0.4, -0.2) is 45.7 Å². The number of carboxylic acids is 1. The first-order chi connectivity index (χ1) is 10.0. The lowest BCUT2D eigenvalue weighted by atomic mass is 9.69. The number of piperidine rings is 1. The number of aromatic nitrogens is 1. The Morgan fingerprint density at radius 2 is 2.29 bits per heavy atom. The van der Waals surface area contributed by atoms with E-state index in [9.17, 15) is 15.0 Å². The summed E-state index contributed by atoms with van der Waals surface area (Å²) in [6, 6.07) is 5.78. The lowest BCUT2D eigenvalue weighted by molar-refractivity contribution is -0.155. The molecule has 0 amide bonds. The minimum Gasteiger partial charge on any atom is -0.481 e. The van der Waals surface area contributed by atoms with Crippen molar-refractivity contribution in [1.29, 1.82) is 0 Å². The van der Waals surface area contributed by atoms with Gasteiger partial charge in [0.1, 0.15) is 5.60 Å². The Bertz CT molecular complexity index is 738. The van der Waals surface area contributed by atoms with Gasteiger partial charge in [-0.15, -0.1) is 0 Å². The highest BCUT2D eigenvalue weighted by molar-refractivity contribution is 5.89. The van der Waals surface area contributed by atoms with Gasteiger partial charge in [-0.2, -0.15) is 0 Å². The Morgan fingerprint density at radius 1 is 1.48 bits per heavy atom. The van der Waals surface area contributed by atoms with E-state index in [4.69, 9.17) is 0 Å². The van der Waals surface area contributed by atoms with E-state index in [2.05, 4.69) is 4.98 Å². The molecule has 3 N–H and O–H groups in total. The molecule has 1 aliphatic carbocycles. The van der Waals surface area contributed by atoms with Gasteiger partial charge in [0.05, 0.1) is 5.92 Å².